The fourth-order valence-electron chi connectivity index (χ4n) is 2.64. The van der Waals surface area contributed by atoms with Crippen molar-refractivity contribution in [3.63, 3.8) is 0 Å². The first-order chi connectivity index (χ1) is 12.8. The van der Waals surface area contributed by atoms with Gasteiger partial charge in [0, 0.05) is 21.2 Å². The van der Waals surface area contributed by atoms with E-state index in [9.17, 15) is 9.59 Å². The smallest absolute Gasteiger partial charge is 0.411 e. The zero-order valence-electron chi connectivity index (χ0n) is 13.8. The molecule has 0 spiro atoms. The molecule has 0 saturated heterocycles. The summed E-state index contributed by atoms with van der Waals surface area (Å²) in [6.45, 7) is 1.67. The minimum absolute atomic E-state index is 0.0339. The van der Waals surface area contributed by atoms with Gasteiger partial charge in [-0.05, 0) is 37.3 Å². The Hall–Kier alpha value is -2.54. The summed E-state index contributed by atoms with van der Waals surface area (Å²) >= 11 is 18.2. The lowest BCUT2D eigenvalue weighted by atomic mass is 10.1. The van der Waals surface area contributed by atoms with Crippen molar-refractivity contribution in [3.05, 3.63) is 68.8 Å². The van der Waals surface area contributed by atoms with Gasteiger partial charge >= 0.3 is 6.09 Å². The topological polar surface area (TPSA) is 84.2 Å². The first-order valence-corrected chi connectivity index (χ1v) is 8.76. The Morgan fingerprint density at radius 2 is 1.67 bits per heavy atom. The van der Waals surface area contributed by atoms with Crippen LogP contribution >= 0.6 is 34.8 Å². The molecule has 1 aromatic heterocycles. The average Bonchev–Trinajstić information content (AvgIpc) is 2.92. The maximum atomic E-state index is 12.3. The van der Waals surface area contributed by atoms with Crippen molar-refractivity contribution >= 4 is 46.8 Å². The second-order valence-electron chi connectivity index (χ2n) is 5.60. The van der Waals surface area contributed by atoms with Gasteiger partial charge in [0.1, 0.15) is 0 Å². The predicted molar refractivity (Wildman–Crippen MR) is 104 cm³/mol. The Balaban J connectivity index is 2.25. The number of carboxylic acid groups (broad SMARTS) is 1. The third kappa shape index (κ3) is 3.93. The van der Waals surface area contributed by atoms with Crippen molar-refractivity contribution in [2.75, 3.05) is 0 Å². The van der Waals surface area contributed by atoms with Crippen LogP contribution in [0.15, 0.2) is 42.5 Å². The van der Waals surface area contributed by atoms with E-state index in [2.05, 4.69) is 5.10 Å². The van der Waals surface area contributed by atoms with E-state index in [1.165, 1.54) is 4.68 Å². The number of nitrogens with one attached hydrogen (secondary N) is 1. The van der Waals surface area contributed by atoms with E-state index < -0.39 is 12.0 Å². The van der Waals surface area contributed by atoms with Crippen molar-refractivity contribution in [2.45, 2.75) is 6.92 Å². The van der Waals surface area contributed by atoms with Crippen molar-refractivity contribution in [1.82, 2.24) is 15.1 Å². The molecular formula is C18H12Cl3N3O3. The van der Waals surface area contributed by atoms with E-state index in [4.69, 9.17) is 39.9 Å². The van der Waals surface area contributed by atoms with Crippen LogP contribution in [0.3, 0.4) is 0 Å². The number of aromatic nitrogens is 2. The highest BCUT2D eigenvalue weighted by molar-refractivity contribution is 6.35. The minimum Gasteiger partial charge on any atom is -0.465 e. The van der Waals surface area contributed by atoms with E-state index in [-0.39, 0.29) is 5.69 Å². The molecule has 138 valence electrons. The van der Waals surface area contributed by atoms with E-state index in [1.807, 2.05) is 0 Å². The van der Waals surface area contributed by atoms with Gasteiger partial charge in [-0.2, -0.15) is 5.10 Å². The SMILES string of the molecule is Cc1c(C(=O)NC(=O)O)nn(-c2ccc(Cl)cc2Cl)c1-c1ccc(Cl)cc1. The molecule has 0 radical (unpaired) electrons. The fourth-order valence-corrected chi connectivity index (χ4v) is 3.26. The van der Waals surface area contributed by atoms with Gasteiger partial charge in [0.2, 0.25) is 0 Å². The molecule has 2 N–H and O–H groups in total. The number of benzene rings is 2. The maximum Gasteiger partial charge on any atom is 0.411 e. The van der Waals surface area contributed by atoms with E-state index in [1.54, 1.807) is 54.7 Å². The number of hydrogen-bond acceptors (Lipinski definition) is 3. The largest absolute Gasteiger partial charge is 0.465 e. The monoisotopic (exact) mass is 423 g/mol. The number of amides is 2. The molecule has 0 aliphatic heterocycles. The Labute approximate surface area is 169 Å². The lowest BCUT2D eigenvalue weighted by Gasteiger charge is -2.11. The minimum atomic E-state index is -1.47. The van der Waals surface area contributed by atoms with Crippen LogP contribution in [0.25, 0.3) is 16.9 Å². The lowest BCUT2D eigenvalue weighted by Crippen LogP contribution is -2.29. The third-order valence-electron chi connectivity index (χ3n) is 3.81. The first-order valence-electron chi connectivity index (χ1n) is 7.63. The summed E-state index contributed by atoms with van der Waals surface area (Å²) in [5, 5.41) is 16.3. The number of carbonyl (C=O) groups excluding carboxylic acids is 1. The van der Waals surface area contributed by atoms with Gasteiger partial charge in [0.15, 0.2) is 5.69 Å². The lowest BCUT2D eigenvalue weighted by molar-refractivity contribution is 0.0942. The standard InChI is InChI=1S/C18H12Cl3N3O3/c1-9-15(17(25)22-18(26)27)23-24(14-7-6-12(20)8-13(14)21)16(9)10-2-4-11(19)5-3-10/h2-8H,1H3,(H,22,25)(H,26,27). The molecule has 9 heteroatoms. The van der Waals surface area contributed by atoms with E-state index in [0.717, 1.165) is 5.56 Å². The first kappa shape index (κ1) is 19.2. The van der Waals surface area contributed by atoms with Crippen molar-refractivity contribution in [2.24, 2.45) is 0 Å². The number of hydrogen-bond donors (Lipinski definition) is 2. The number of imide groups is 1. The molecule has 0 atom stereocenters. The summed E-state index contributed by atoms with van der Waals surface area (Å²) in [5.41, 5.74) is 2.25. The molecule has 2 aromatic carbocycles. The second-order valence-corrected chi connectivity index (χ2v) is 6.88. The molecule has 0 aliphatic carbocycles. The molecule has 3 rings (SSSR count). The summed E-state index contributed by atoms with van der Waals surface area (Å²) in [6, 6.07) is 11.8. The van der Waals surface area contributed by atoms with Gasteiger partial charge in [-0.25, -0.2) is 9.48 Å². The van der Waals surface area contributed by atoms with E-state index in [0.29, 0.717) is 32.0 Å². The molecule has 0 fully saturated rings. The molecule has 3 aromatic rings. The van der Waals surface area contributed by atoms with Crippen molar-refractivity contribution in [3.8, 4) is 16.9 Å². The van der Waals surface area contributed by atoms with Gasteiger partial charge in [-0.3, -0.25) is 10.1 Å². The Morgan fingerprint density at radius 1 is 1.04 bits per heavy atom. The average molecular weight is 425 g/mol. The summed E-state index contributed by atoms with van der Waals surface area (Å²) in [7, 11) is 0. The van der Waals surface area contributed by atoms with Crippen LogP contribution in [-0.2, 0) is 0 Å². The van der Waals surface area contributed by atoms with Crippen LogP contribution in [0.1, 0.15) is 16.1 Å². The van der Waals surface area contributed by atoms with Crippen LogP contribution in [0.4, 0.5) is 4.79 Å². The van der Waals surface area contributed by atoms with Crippen molar-refractivity contribution in [1.29, 1.82) is 0 Å². The van der Waals surface area contributed by atoms with Gasteiger partial charge in [0.05, 0.1) is 16.4 Å². The van der Waals surface area contributed by atoms with Crippen LogP contribution in [0.2, 0.25) is 15.1 Å². The van der Waals surface area contributed by atoms with Crippen LogP contribution in [0, 0.1) is 6.92 Å². The van der Waals surface area contributed by atoms with Crippen LogP contribution in [0.5, 0.6) is 0 Å². The molecule has 0 bridgehead atoms. The van der Waals surface area contributed by atoms with Gasteiger partial charge < -0.3 is 5.11 Å². The third-order valence-corrected chi connectivity index (χ3v) is 4.60. The molecule has 0 aliphatic rings. The number of carbonyl (C=O) groups is 2. The quantitative estimate of drug-likeness (QED) is 0.604. The zero-order chi connectivity index (χ0) is 19.7. The summed E-state index contributed by atoms with van der Waals surface area (Å²) in [4.78, 5) is 23.1. The van der Waals surface area contributed by atoms with Gasteiger partial charge in [-0.15, -0.1) is 0 Å². The van der Waals surface area contributed by atoms with Gasteiger partial charge in [0.25, 0.3) is 5.91 Å². The van der Waals surface area contributed by atoms with E-state index >= 15 is 0 Å². The molecule has 0 unspecified atom stereocenters. The highest BCUT2D eigenvalue weighted by Gasteiger charge is 2.24. The zero-order valence-corrected chi connectivity index (χ0v) is 16.1. The van der Waals surface area contributed by atoms with Crippen LogP contribution in [-0.4, -0.2) is 26.9 Å². The molecule has 27 heavy (non-hydrogen) atoms. The molecule has 0 saturated carbocycles. The number of halogens is 3. The van der Waals surface area contributed by atoms with Crippen LogP contribution < -0.4 is 5.32 Å². The number of rotatable bonds is 3. The number of nitrogens with zero attached hydrogens (tertiary/aromatic N) is 2. The molecule has 1 heterocycles. The maximum absolute atomic E-state index is 12.3. The normalized spacial score (nSPS) is 10.7. The highest BCUT2D eigenvalue weighted by atomic mass is 35.5. The van der Waals surface area contributed by atoms with Crippen molar-refractivity contribution < 1.29 is 14.7 Å². The molecular weight excluding hydrogens is 413 g/mol. The summed E-state index contributed by atoms with van der Waals surface area (Å²) < 4.78 is 1.48. The summed E-state index contributed by atoms with van der Waals surface area (Å²) in [6.07, 6.45) is -1.47. The predicted octanol–water partition coefficient (Wildman–Crippen LogP) is 5.22. The fraction of sp³-hybridized carbons (Fsp3) is 0.0556. The van der Waals surface area contributed by atoms with Gasteiger partial charge in [-0.1, -0.05) is 46.9 Å². The summed E-state index contributed by atoms with van der Waals surface area (Å²) in [5.74, 6) is -0.834. The molecule has 2 amide bonds. The Kier molecular flexibility index (Phi) is 5.41. The Bertz CT molecular complexity index is 1050. The highest BCUT2D eigenvalue weighted by Crippen LogP contribution is 2.33. The second kappa shape index (κ2) is 7.60. The molecule has 6 nitrogen and oxygen atoms in total. The Morgan fingerprint density at radius 3 is 2.26 bits per heavy atom.